The summed E-state index contributed by atoms with van der Waals surface area (Å²) in [4.78, 5) is 11.1. The van der Waals surface area contributed by atoms with Crippen LogP contribution in [0.1, 0.15) is 10.6 Å². The molecule has 2 N–H and O–H groups in total. The number of anilines is 1. The van der Waals surface area contributed by atoms with Crippen LogP contribution in [0, 0.1) is 0 Å². The van der Waals surface area contributed by atoms with Crippen LogP contribution in [0.5, 0.6) is 5.75 Å². The molecule has 0 radical (unpaired) electrons. The van der Waals surface area contributed by atoms with Crippen LogP contribution in [0.4, 0.5) is 5.69 Å². The minimum atomic E-state index is -3.76. The number of benzene rings is 2. The number of nitrogens with one attached hydrogen (secondary N) is 1. The van der Waals surface area contributed by atoms with Gasteiger partial charge in [0.05, 0.1) is 17.6 Å². The van der Waals surface area contributed by atoms with Crippen LogP contribution >= 0.6 is 0 Å². The van der Waals surface area contributed by atoms with Crippen molar-refractivity contribution in [2.24, 2.45) is 0 Å². The van der Waals surface area contributed by atoms with Gasteiger partial charge in [-0.25, -0.2) is 13.2 Å². The molecule has 3 aromatic rings. The second kappa shape index (κ2) is 6.93. The summed E-state index contributed by atoms with van der Waals surface area (Å²) in [5.41, 5.74) is 0.714. The highest BCUT2D eigenvalue weighted by molar-refractivity contribution is 7.92. The fourth-order valence-electron chi connectivity index (χ4n) is 2.38. The van der Waals surface area contributed by atoms with Gasteiger partial charge < -0.3 is 14.3 Å². The summed E-state index contributed by atoms with van der Waals surface area (Å²) in [6.45, 7) is 0. The Morgan fingerprint density at radius 3 is 2.42 bits per heavy atom. The van der Waals surface area contributed by atoms with E-state index in [0.29, 0.717) is 11.3 Å². The van der Waals surface area contributed by atoms with Crippen molar-refractivity contribution in [1.82, 2.24) is 0 Å². The van der Waals surface area contributed by atoms with Crippen LogP contribution in [-0.2, 0) is 10.0 Å². The quantitative estimate of drug-likeness (QED) is 0.685. The monoisotopic (exact) mass is 373 g/mol. The Bertz CT molecular complexity index is 1040. The van der Waals surface area contributed by atoms with E-state index in [1.165, 1.54) is 37.4 Å². The standard InChI is InChI=1S/C18H15NO6S/c1-24-15-8-7-12(19-26(22,23)13-5-3-2-4-6-13)11-14(15)16-9-10-17(25-16)18(20)21/h2-11,19H,1H3,(H,20,21). The molecule has 2 aromatic carbocycles. The lowest BCUT2D eigenvalue weighted by Gasteiger charge is -2.11. The molecule has 0 atom stereocenters. The van der Waals surface area contributed by atoms with E-state index in [1.54, 1.807) is 30.3 Å². The highest BCUT2D eigenvalue weighted by Crippen LogP contribution is 2.34. The van der Waals surface area contributed by atoms with Crippen LogP contribution in [0.2, 0.25) is 0 Å². The number of aromatic carboxylic acids is 1. The molecule has 0 aliphatic carbocycles. The van der Waals surface area contributed by atoms with Gasteiger partial charge in [0.25, 0.3) is 10.0 Å². The van der Waals surface area contributed by atoms with Crippen molar-refractivity contribution < 1.29 is 27.5 Å². The van der Waals surface area contributed by atoms with E-state index >= 15 is 0 Å². The van der Waals surface area contributed by atoms with E-state index in [-0.39, 0.29) is 22.1 Å². The maximum atomic E-state index is 12.5. The lowest BCUT2D eigenvalue weighted by atomic mass is 10.1. The second-order valence-electron chi connectivity index (χ2n) is 5.30. The summed E-state index contributed by atoms with van der Waals surface area (Å²) in [5.74, 6) is -0.757. The molecule has 0 unspecified atom stereocenters. The summed E-state index contributed by atoms with van der Waals surface area (Å²) < 4.78 is 37.9. The number of rotatable bonds is 6. The van der Waals surface area contributed by atoms with Crippen molar-refractivity contribution in [2.45, 2.75) is 4.90 Å². The molecule has 1 heterocycles. The number of carboxylic acid groups (broad SMARTS) is 1. The number of sulfonamides is 1. The van der Waals surface area contributed by atoms with Crippen LogP contribution in [-0.4, -0.2) is 26.6 Å². The molecule has 0 saturated carbocycles. The maximum absolute atomic E-state index is 12.5. The van der Waals surface area contributed by atoms with Crippen molar-refractivity contribution in [3.8, 4) is 17.1 Å². The van der Waals surface area contributed by atoms with Crippen LogP contribution in [0.3, 0.4) is 0 Å². The van der Waals surface area contributed by atoms with Crippen molar-refractivity contribution in [2.75, 3.05) is 11.8 Å². The van der Waals surface area contributed by atoms with E-state index in [9.17, 15) is 13.2 Å². The number of ether oxygens (including phenoxy) is 1. The number of hydrogen-bond donors (Lipinski definition) is 2. The van der Waals surface area contributed by atoms with E-state index in [1.807, 2.05) is 0 Å². The first-order valence-electron chi connectivity index (χ1n) is 7.50. The Hall–Kier alpha value is -3.26. The Balaban J connectivity index is 1.98. The van der Waals surface area contributed by atoms with Gasteiger partial charge in [0, 0.05) is 5.69 Å². The predicted molar refractivity (Wildman–Crippen MR) is 94.9 cm³/mol. The lowest BCUT2D eigenvalue weighted by molar-refractivity contribution is 0.0663. The smallest absolute Gasteiger partial charge is 0.371 e. The van der Waals surface area contributed by atoms with Crippen LogP contribution in [0.25, 0.3) is 11.3 Å². The first-order chi connectivity index (χ1) is 12.4. The van der Waals surface area contributed by atoms with E-state index in [0.717, 1.165) is 0 Å². The zero-order chi connectivity index (χ0) is 18.7. The highest BCUT2D eigenvalue weighted by atomic mass is 32.2. The molecule has 0 aliphatic rings. The zero-order valence-electron chi connectivity index (χ0n) is 13.7. The second-order valence-corrected chi connectivity index (χ2v) is 6.99. The van der Waals surface area contributed by atoms with Crippen LogP contribution in [0.15, 0.2) is 70.0 Å². The van der Waals surface area contributed by atoms with Gasteiger partial charge in [-0.2, -0.15) is 0 Å². The molecule has 7 nitrogen and oxygen atoms in total. The summed E-state index contributed by atoms with van der Waals surface area (Å²) in [6, 6.07) is 15.4. The largest absolute Gasteiger partial charge is 0.496 e. The molecule has 134 valence electrons. The molecule has 0 spiro atoms. The fourth-order valence-corrected chi connectivity index (χ4v) is 3.45. The van der Waals surface area contributed by atoms with E-state index < -0.39 is 16.0 Å². The molecule has 1 aromatic heterocycles. The average molecular weight is 373 g/mol. The van der Waals surface area contributed by atoms with Gasteiger partial charge in [-0.15, -0.1) is 0 Å². The Morgan fingerprint density at radius 2 is 1.81 bits per heavy atom. The van der Waals surface area contributed by atoms with Gasteiger partial charge in [-0.3, -0.25) is 4.72 Å². The number of furan rings is 1. The first-order valence-corrected chi connectivity index (χ1v) is 8.98. The van der Waals surface area contributed by atoms with Gasteiger partial charge >= 0.3 is 5.97 Å². The van der Waals surface area contributed by atoms with Crippen molar-refractivity contribution >= 4 is 21.7 Å². The third kappa shape index (κ3) is 3.55. The summed E-state index contributed by atoms with van der Waals surface area (Å²) in [6.07, 6.45) is 0. The average Bonchev–Trinajstić information content (AvgIpc) is 3.12. The molecular formula is C18H15NO6S. The number of hydrogen-bond acceptors (Lipinski definition) is 5. The molecule has 0 saturated heterocycles. The number of methoxy groups -OCH3 is 1. The zero-order valence-corrected chi connectivity index (χ0v) is 14.5. The van der Waals surface area contributed by atoms with Gasteiger partial charge in [0.15, 0.2) is 0 Å². The highest BCUT2D eigenvalue weighted by Gasteiger charge is 2.17. The van der Waals surface area contributed by atoms with Gasteiger partial charge in [-0.05, 0) is 42.5 Å². The molecule has 0 bridgehead atoms. The topological polar surface area (TPSA) is 106 Å². The third-order valence-electron chi connectivity index (χ3n) is 3.59. The third-order valence-corrected chi connectivity index (χ3v) is 4.98. The van der Waals surface area contributed by atoms with Crippen LogP contribution < -0.4 is 9.46 Å². The minimum absolute atomic E-state index is 0.128. The minimum Gasteiger partial charge on any atom is -0.496 e. The predicted octanol–water partition coefficient (Wildman–Crippen LogP) is 3.45. The summed E-state index contributed by atoms with van der Waals surface area (Å²) in [7, 11) is -2.30. The maximum Gasteiger partial charge on any atom is 0.371 e. The first kappa shape index (κ1) is 17.6. The molecule has 26 heavy (non-hydrogen) atoms. The number of carboxylic acids is 1. The molecule has 0 fully saturated rings. The van der Waals surface area contributed by atoms with Gasteiger partial charge in [0.1, 0.15) is 11.5 Å². The van der Waals surface area contributed by atoms with Crippen molar-refractivity contribution in [1.29, 1.82) is 0 Å². The lowest BCUT2D eigenvalue weighted by Crippen LogP contribution is -2.12. The Kier molecular flexibility index (Phi) is 4.68. The Morgan fingerprint density at radius 1 is 1.08 bits per heavy atom. The van der Waals surface area contributed by atoms with Gasteiger partial charge in [0.2, 0.25) is 5.76 Å². The van der Waals surface area contributed by atoms with Crippen molar-refractivity contribution in [3.63, 3.8) is 0 Å². The Labute approximate surface area is 149 Å². The SMILES string of the molecule is COc1ccc(NS(=O)(=O)c2ccccc2)cc1-c1ccc(C(=O)O)o1. The van der Waals surface area contributed by atoms with E-state index in [4.69, 9.17) is 14.3 Å². The fraction of sp³-hybridized carbons (Fsp3) is 0.0556. The molecule has 0 amide bonds. The summed E-state index contributed by atoms with van der Waals surface area (Å²) in [5, 5.41) is 8.99. The molecule has 3 rings (SSSR count). The van der Waals surface area contributed by atoms with Gasteiger partial charge in [-0.1, -0.05) is 18.2 Å². The molecule has 0 aliphatic heterocycles. The number of carbonyl (C=O) groups is 1. The van der Waals surface area contributed by atoms with E-state index in [2.05, 4.69) is 4.72 Å². The molecular weight excluding hydrogens is 358 g/mol. The molecule has 8 heteroatoms. The normalized spacial score (nSPS) is 11.1. The summed E-state index contributed by atoms with van der Waals surface area (Å²) >= 11 is 0. The van der Waals surface area contributed by atoms with Crippen molar-refractivity contribution in [3.05, 3.63) is 66.4 Å².